The molecule has 0 saturated heterocycles. The number of anilines is 1. The Balaban J connectivity index is 1.39. The summed E-state index contributed by atoms with van der Waals surface area (Å²) in [5.41, 5.74) is 6.37. The summed E-state index contributed by atoms with van der Waals surface area (Å²) < 4.78 is 34.3. The van der Waals surface area contributed by atoms with Crippen LogP contribution in [0.25, 0.3) is 0 Å². The first kappa shape index (κ1) is 17.7. The zero-order valence-corrected chi connectivity index (χ0v) is 16.3. The normalized spacial score (nSPS) is 17.7. The van der Waals surface area contributed by atoms with Crippen molar-refractivity contribution in [2.75, 3.05) is 11.9 Å². The number of sulfonamides is 1. The van der Waals surface area contributed by atoms with Gasteiger partial charge >= 0.3 is 6.03 Å². The van der Waals surface area contributed by atoms with Gasteiger partial charge in [-0.2, -0.15) is 13.5 Å². The van der Waals surface area contributed by atoms with Gasteiger partial charge < -0.3 is 10.1 Å². The first-order valence-electron chi connectivity index (χ1n) is 9.66. The number of benzene rings is 1. The molecule has 8 nitrogen and oxygen atoms in total. The van der Waals surface area contributed by atoms with E-state index < -0.39 is 16.1 Å². The zero-order valence-electron chi connectivity index (χ0n) is 15.5. The summed E-state index contributed by atoms with van der Waals surface area (Å²) in [6, 6.07) is 2.98. The Labute approximate surface area is 163 Å². The zero-order chi connectivity index (χ0) is 19.3. The third-order valence-corrected chi connectivity index (χ3v) is 6.96. The molecule has 3 aliphatic rings. The molecule has 2 aliphatic carbocycles. The van der Waals surface area contributed by atoms with E-state index >= 15 is 0 Å². The highest BCUT2D eigenvalue weighted by molar-refractivity contribution is 7.90. The number of hydrogen-bond donors (Lipinski definition) is 2. The van der Waals surface area contributed by atoms with Gasteiger partial charge in [-0.15, -0.1) is 0 Å². The lowest BCUT2D eigenvalue weighted by molar-refractivity contribution is 0.0799. The standard InChI is InChI=1S/C19H22N4O4S/c24-19(22-28(25,26)17-10-14-11-27-8-7-23(14)21-17)20-18-15-5-1-3-12(15)9-13-4-2-6-16(13)18/h9-10H,1-8,11H2,(H2,20,22,24). The van der Waals surface area contributed by atoms with Gasteiger partial charge in [-0.3, -0.25) is 4.68 Å². The van der Waals surface area contributed by atoms with Gasteiger partial charge in [-0.25, -0.2) is 9.52 Å². The van der Waals surface area contributed by atoms with Crippen LogP contribution in [0.3, 0.4) is 0 Å². The van der Waals surface area contributed by atoms with Crippen molar-refractivity contribution in [1.82, 2.24) is 14.5 Å². The topological polar surface area (TPSA) is 102 Å². The van der Waals surface area contributed by atoms with Crippen molar-refractivity contribution in [3.05, 3.63) is 40.1 Å². The van der Waals surface area contributed by atoms with Crippen LogP contribution in [-0.4, -0.2) is 30.8 Å². The predicted octanol–water partition coefficient (Wildman–Crippen LogP) is 1.90. The maximum Gasteiger partial charge on any atom is 0.333 e. The van der Waals surface area contributed by atoms with Crippen molar-refractivity contribution in [2.24, 2.45) is 0 Å². The number of fused-ring (bicyclic) bond motifs is 3. The third-order valence-electron chi connectivity index (χ3n) is 5.75. The van der Waals surface area contributed by atoms with Crippen LogP contribution in [-0.2, 0) is 53.6 Å². The molecule has 0 spiro atoms. The fraction of sp³-hybridized carbons (Fsp3) is 0.474. The van der Waals surface area contributed by atoms with Gasteiger partial charge in [0.1, 0.15) is 0 Å². The van der Waals surface area contributed by atoms with Crippen molar-refractivity contribution in [3.8, 4) is 0 Å². The lowest BCUT2D eigenvalue weighted by atomic mass is 9.99. The van der Waals surface area contributed by atoms with Gasteiger partial charge in [-0.1, -0.05) is 6.07 Å². The lowest BCUT2D eigenvalue weighted by Gasteiger charge is -2.16. The minimum Gasteiger partial charge on any atom is -0.373 e. The highest BCUT2D eigenvalue weighted by atomic mass is 32.2. The fourth-order valence-electron chi connectivity index (χ4n) is 4.48. The summed E-state index contributed by atoms with van der Waals surface area (Å²) >= 11 is 0. The maximum atomic E-state index is 12.6. The number of amides is 2. The molecule has 0 fully saturated rings. The van der Waals surface area contributed by atoms with Crippen molar-refractivity contribution < 1.29 is 17.9 Å². The van der Waals surface area contributed by atoms with Crippen LogP contribution in [0.1, 0.15) is 40.8 Å². The molecule has 1 aliphatic heterocycles. The fourth-order valence-corrected chi connectivity index (χ4v) is 5.38. The Morgan fingerprint density at radius 1 is 1.07 bits per heavy atom. The predicted molar refractivity (Wildman–Crippen MR) is 102 cm³/mol. The molecule has 0 radical (unpaired) electrons. The molecule has 1 aromatic heterocycles. The molecule has 0 unspecified atom stereocenters. The molecular weight excluding hydrogens is 380 g/mol. The van der Waals surface area contributed by atoms with E-state index in [0.717, 1.165) is 55.3 Å². The average Bonchev–Trinajstić information content (AvgIpc) is 3.39. The van der Waals surface area contributed by atoms with Gasteiger partial charge in [0.05, 0.1) is 25.5 Å². The van der Waals surface area contributed by atoms with Gasteiger partial charge in [-0.05, 0) is 60.8 Å². The maximum absolute atomic E-state index is 12.6. The van der Waals surface area contributed by atoms with E-state index in [4.69, 9.17) is 4.74 Å². The van der Waals surface area contributed by atoms with Gasteiger partial charge in [0.25, 0.3) is 10.0 Å². The Kier molecular flexibility index (Phi) is 4.17. The van der Waals surface area contributed by atoms with Crippen molar-refractivity contribution in [3.63, 3.8) is 0 Å². The number of carbonyl (C=O) groups excluding carboxylic acids is 1. The van der Waals surface area contributed by atoms with E-state index in [1.54, 1.807) is 4.68 Å². The largest absolute Gasteiger partial charge is 0.373 e. The number of rotatable bonds is 3. The molecule has 1 aromatic carbocycles. The summed E-state index contributed by atoms with van der Waals surface area (Å²) in [7, 11) is -4.05. The Morgan fingerprint density at radius 3 is 2.46 bits per heavy atom. The molecule has 2 amide bonds. The number of hydrogen-bond acceptors (Lipinski definition) is 5. The summed E-state index contributed by atoms with van der Waals surface area (Å²) in [5.74, 6) is 0. The summed E-state index contributed by atoms with van der Waals surface area (Å²) in [6.45, 7) is 1.31. The SMILES string of the molecule is O=C(Nc1c2c(cc3c1CCC3)CCC2)NS(=O)(=O)c1cc2n(n1)CCOC2. The number of aromatic nitrogens is 2. The second-order valence-electron chi connectivity index (χ2n) is 7.54. The number of nitrogens with one attached hydrogen (secondary N) is 2. The highest BCUT2D eigenvalue weighted by Crippen LogP contribution is 2.38. The summed E-state index contributed by atoms with van der Waals surface area (Å²) in [6.07, 6.45) is 5.99. The number of ether oxygens (including phenoxy) is 1. The van der Waals surface area contributed by atoms with E-state index in [0.29, 0.717) is 25.5 Å². The number of urea groups is 1. The Morgan fingerprint density at radius 2 is 1.79 bits per heavy atom. The van der Waals surface area contributed by atoms with Crippen molar-refractivity contribution in [1.29, 1.82) is 0 Å². The smallest absolute Gasteiger partial charge is 0.333 e. The van der Waals surface area contributed by atoms with Crippen molar-refractivity contribution in [2.45, 2.75) is 56.7 Å². The quantitative estimate of drug-likeness (QED) is 0.816. The number of carbonyl (C=O) groups is 1. The monoisotopic (exact) mass is 402 g/mol. The van der Waals surface area contributed by atoms with E-state index in [1.165, 1.54) is 17.2 Å². The van der Waals surface area contributed by atoms with E-state index in [-0.39, 0.29) is 5.03 Å². The van der Waals surface area contributed by atoms with Crippen LogP contribution in [0.4, 0.5) is 10.5 Å². The molecule has 2 N–H and O–H groups in total. The van der Waals surface area contributed by atoms with Crippen LogP contribution in [0.2, 0.25) is 0 Å². The number of nitrogens with zero attached hydrogens (tertiary/aromatic N) is 2. The van der Waals surface area contributed by atoms with E-state index in [9.17, 15) is 13.2 Å². The third kappa shape index (κ3) is 2.98. The molecule has 9 heteroatoms. The first-order valence-corrected chi connectivity index (χ1v) is 11.1. The van der Waals surface area contributed by atoms with Crippen molar-refractivity contribution >= 4 is 21.7 Å². The molecule has 148 valence electrons. The van der Waals surface area contributed by atoms with Crippen LogP contribution >= 0.6 is 0 Å². The first-order chi connectivity index (χ1) is 13.5. The molecule has 0 saturated carbocycles. The van der Waals surface area contributed by atoms with Crippen LogP contribution in [0.5, 0.6) is 0 Å². The average molecular weight is 402 g/mol. The molecule has 2 aromatic rings. The minimum absolute atomic E-state index is 0.160. The van der Waals surface area contributed by atoms with E-state index in [1.807, 2.05) is 0 Å². The van der Waals surface area contributed by atoms with E-state index in [2.05, 4.69) is 21.2 Å². The number of aryl methyl sites for hydroxylation is 2. The second-order valence-corrected chi connectivity index (χ2v) is 9.17. The van der Waals surface area contributed by atoms with Gasteiger partial charge in [0.2, 0.25) is 0 Å². The molecule has 28 heavy (non-hydrogen) atoms. The molecule has 0 atom stereocenters. The molecular formula is C19H22N4O4S. The lowest BCUT2D eigenvalue weighted by Crippen LogP contribution is -2.35. The second kappa shape index (κ2) is 6.59. The molecule has 2 heterocycles. The molecule has 5 rings (SSSR count). The van der Waals surface area contributed by atoms with Crippen LogP contribution < -0.4 is 10.0 Å². The Bertz CT molecular complexity index is 1020. The summed E-state index contributed by atoms with van der Waals surface area (Å²) in [5, 5.41) is 6.79. The van der Waals surface area contributed by atoms with Gasteiger partial charge in [0.15, 0.2) is 5.03 Å². The van der Waals surface area contributed by atoms with Gasteiger partial charge in [0, 0.05) is 11.8 Å². The summed E-state index contributed by atoms with van der Waals surface area (Å²) in [4.78, 5) is 12.6. The highest BCUT2D eigenvalue weighted by Gasteiger charge is 2.28. The van der Waals surface area contributed by atoms with Crippen LogP contribution in [0.15, 0.2) is 17.2 Å². The molecule has 0 bridgehead atoms. The Hall–Kier alpha value is -2.39. The minimum atomic E-state index is -4.05. The van der Waals surface area contributed by atoms with Crippen LogP contribution in [0, 0.1) is 0 Å².